The van der Waals surface area contributed by atoms with Crippen LogP contribution in [0.4, 0.5) is 5.95 Å². The summed E-state index contributed by atoms with van der Waals surface area (Å²) in [5.41, 5.74) is -0.00613. The highest BCUT2D eigenvalue weighted by molar-refractivity contribution is 5.94. The summed E-state index contributed by atoms with van der Waals surface area (Å²) in [7, 11) is 0. The molecule has 1 fully saturated rings. The first-order valence-electron chi connectivity index (χ1n) is 4.37. The number of tetrazole rings is 1. The second kappa shape index (κ2) is 3.02. The Morgan fingerprint density at radius 2 is 2.43 bits per heavy atom. The Bertz CT molecular complexity index is 332. The highest BCUT2D eigenvalue weighted by Gasteiger charge is 2.43. The Morgan fingerprint density at radius 3 is 2.86 bits per heavy atom. The van der Waals surface area contributed by atoms with Crippen molar-refractivity contribution < 1.29 is 4.79 Å². The molecule has 1 unspecified atom stereocenters. The van der Waals surface area contributed by atoms with Gasteiger partial charge in [-0.05, 0) is 5.21 Å². The summed E-state index contributed by atoms with van der Waals surface area (Å²) in [5, 5.41) is 18.5. The fraction of sp³-hybridized carbons (Fsp3) is 0.714. The van der Waals surface area contributed by atoms with Gasteiger partial charge in [0, 0.05) is 12.0 Å². The van der Waals surface area contributed by atoms with Crippen molar-refractivity contribution in [1.29, 1.82) is 0 Å². The van der Waals surface area contributed by atoms with Crippen LogP contribution in [0.5, 0.6) is 0 Å². The van der Waals surface area contributed by atoms with E-state index in [9.17, 15) is 4.79 Å². The van der Waals surface area contributed by atoms with Gasteiger partial charge in [0.15, 0.2) is 0 Å². The second-order valence-corrected chi connectivity index (χ2v) is 4.03. The molecular formula is C7H12N6O. The molecule has 76 valence electrons. The maximum Gasteiger partial charge on any atom is 0.269 e. The molecule has 1 aliphatic rings. The molecule has 0 aromatic carbocycles. The number of aromatic nitrogens is 4. The maximum absolute atomic E-state index is 11.6. The molecule has 7 heteroatoms. The van der Waals surface area contributed by atoms with Crippen molar-refractivity contribution in [3.05, 3.63) is 0 Å². The molecule has 2 rings (SSSR count). The number of aromatic amines is 1. The molecule has 0 saturated carbocycles. The SMILES string of the molecule is CC1(C)CNC1C(=O)Nc1nn[nH]n1. The average molecular weight is 196 g/mol. The van der Waals surface area contributed by atoms with Gasteiger partial charge in [-0.1, -0.05) is 18.9 Å². The topological polar surface area (TPSA) is 95.6 Å². The van der Waals surface area contributed by atoms with Crippen LogP contribution in [0.1, 0.15) is 13.8 Å². The van der Waals surface area contributed by atoms with E-state index in [1.165, 1.54) is 0 Å². The summed E-state index contributed by atoms with van der Waals surface area (Å²) in [6.45, 7) is 4.91. The van der Waals surface area contributed by atoms with E-state index in [1.807, 2.05) is 13.8 Å². The predicted octanol–water partition coefficient (Wildman–Crippen LogP) is -0.864. The van der Waals surface area contributed by atoms with E-state index in [-0.39, 0.29) is 23.3 Å². The van der Waals surface area contributed by atoms with Crippen LogP contribution in [0, 0.1) is 5.41 Å². The number of carbonyl (C=O) groups excluding carboxylic acids is 1. The van der Waals surface area contributed by atoms with Gasteiger partial charge in [0.25, 0.3) is 5.95 Å². The van der Waals surface area contributed by atoms with Gasteiger partial charge in [0.1, 0.15) is 0 Å². The minimum atomic E-state index is -0.180. The monoisotopic (exact) mass is 196 g/mol. The Labute approximate surface area is 80.6 Å². The third-order valence-electron chi connectivity index (χ3n) is 2.39. The zero-order valence-corrected chi connectivity index (χ0v) is 8.03. The van der Waals surface area contributed by atoms with Gasteiger partial charge in [-0.15, -0.1) is 5.10 Å². The second-order valence-electron chi connectivity index (χ2n) is 4.03. The zero-order chi connectivity index (χ0) is 10.2. The van der Waals surface area contributed by atoms with Crippen molar-refractivity contribution in [1.82, 2.24) is 25.9 Å². The first kappa shape index (κ1) is 9.07. The number of carbonyl (C=O) groups is 1. The number of anilines is 1. The van der Waals surface area contributed by atoms with Crippen LogP contribution in [0.2, 0.25) is 0 Å². The van der Waals surface area contributed by atoms with E-state index in [0.29, 0.717) is 0 Å². The Kier molecular flexibility index (Phi) is 1.95. The minimum absolute atomic E-state index is 0.00613. The molecule has 14 heavy (non-hydrogen) atoms. The van der Waals surface area contributed by atoms with Gasteiger partial charge in [-0.3, -0.25) is 10.1 Å². The molecular weight excluding hydrogens is 184 g/mol. The van der Waals surface area contributed by atoms with Crippen LogP contribution in [0.3, 0.4) is 0 Å². The lowest BCUT2D eigenvalue weighted by Gasteiger charge is -2.43. The highest BCUT2D eigenvalue weighted by Crippen LogP contribution is 2.28. The molecule has 7 nitrogen and oxygen atoms in total. The molecule has 1 aliphatic heterocycles. The highest BCUT2D eigenvalue weighted by atomic mass is 16.2. The van der Waals surface area contributed by atoms with E-state index in [0.717, 1.165) is 6.54 Å². The average Bonchev–Trinajstić information content (AvgIpc) is 2.55. The molecule has 1 atom stereocenters. The first-order valence-corrected chi connectivity index (χ1v) is 4.37. The van der Waals surface area contributed by atoms with Crippen LogP contribution >= 0.6 is 0 Å². The quantitative estimate of drug-likeness (QED) is 0.571. The summed E-state index contributed by atoms with van der Waals surface area (Å²) in [4.78, 5) is 11.6. The Hall–Kier alpha value is -1.50. The molecule has 3 N–H and O–H groups in total. The molecule has 1 aromatic heterocycles. The predicted molar refractivity (Wildman–Crippen MR) is 48.4 cm³/mol. The molecule has 0 aliphatic carbocycles. The molecule has 0 bridgehead atoms. The van der Waals surface area contributed by atoms with Crippen LogP contribution in [-0.2, 0) is 4.79 Å². The normalized spacial score (nSPS) is 24.0. The number of hydrogen-bond acceptors (Lipinski definition) is 5. The van der Waals surface area contributed by atoms with E-state index >= 15 is 0 Å². The van der Waals surface area contributed by atoms with Gasteiger partial charge in [0.2, 0.25) is 5.91 Å². The first-order chi connectivity index (χ1) is 6.59. The minimum Gasteiger partial charge on any atom is -0.305 e. The van der Waals surface area contributed by atoms with Gasteiger partial charge in [-0.25, -0.2) is 0 Å². The third kappa shape index (κ3) is 1.46. The van der Waals surface area contributed by atoms with Crippen LogP contribution in [0.15, 0.2) is 0 Å². The van der Waals surface area contributed by atoms with Gasteiger partial charge >= 0.3 is 0 Å². The van der Waals surface area contributed by atoms with E-state index in [1.54, 1.807) is 0 Å². The number of nitrogens with one attached hydrogen (secondary N) is 3. The van der Waals surface area contributed by atoms with Crippen LogP contribution in [-0.4, -0.2) is 39.1 Å². The van der Waals surface area contributed by atoms with Gasteiger partial charge in [-0.2, -0.15) is 5.21 Å². The van der Waals surface area contributed by atoms with Crippen LogP contribution in [0.25, 0.3) is 0 Å². The number of rotatable bonds is 2. The van der Waals surface area contributed by atoms with E-state index in [4.69, 9.17) is 0 Å². The summed E-state index contributed by atoms with van der Waals surface area (Å²) in [5.74, 6) is 0.0853. The Morgan fingerprint density at radius 1 is 1.64 bits per heavy atom. The standard InChI is InChI=1S/C7H12N6O/c1-7(2)3-8-4(7)5(14)9-6-10-12-13-11-6/h4,8H,3H2,1-2H3,(H2,9,10,11,12,13,14). The summed E-state index contributed by atoms with van der Waals surface area (Å²) < 4.78 is 0. The fourth-order valence-corrected chi connectivity index (χ4v) is 1.46. The smallest absolute Gasteiger partial charge is 0.269 e. The molecule has 1 aromatic rings. The summed E-state index contributed by atoms with van der Waals surface area (Å²) in [6, 6.07) is -0.180. The molecule has 1 amide bonds. The van der Waals surface area contributed by atoms with Crippen molar-refractivity contribution in [3.8, 4) is 0 Å². The van der Waals surface area contributed by atoms with Crippen LogP contribution < -0.4 is 10.6 Å². The lowest BCUT2D eigenvalue weighted by Crippen LogP contribution is -2.64. The zero-order valence-electron chi connectivity index (χ0n) is 8.03. The number of hydrogen-bond donors (Lipinski definition) is 3. The van der Waals surface area contributed by atoms with Crippen molar-refractivity contribution in [2.75, 3.05) is 11.9 Å². The molecule has 0 radical (unpaired) electrons. The van der Waals surface area contributed by atoms with Crippen molar-refractivity contribution in [2.45, 2.75) is 19.9 Å². The van der Waals surface area contributed by atoms with Gasteiger partial charge in [0.05, 0.1) is 6.04 Å². The van der Waals surface area contributed by atoms with E-state index in [2.05, 4.69) is 31.3 Å². The largest absolute Gasteiger partial charge is 0.305 e. The number of amides is 1. The van der Waals surface area contributed by atoms with Crippen molar-refractivity contribution in [2.24, 2.45) is 5.41 Å². The van der Waals surface area contributed by atoms with Crippen molar-refractivity contribution in [3.63, 3.8) is 0 Å². The third-order valence-corrected chi connectivity index (χ3v) is 2.39. The Balaban J connectivity index is 1.97. The maximum atomic E-state index is 11.6. The number of H-pyrrole nitrogens is 1. The fourth-order valence-electron chi connectivity index (χ4n) is 1.46. The summed E-state index contributed by atoms with van der Waals surface area (Å²) >= 11 is 0. The van der Waals surface area contributed by atoms with Gasteiger partial charge < -0.3 is 5.32 Å². The number of nitrogens with zero attached hydrogens (tertiary/aromatic N) is 3. The summed E-state index contributed by atoms with van der Waals surface area (Å²) in [6.07, 6.45) is 0. The molecule has 0 spiro atoms. The molecule has 2 heterocycles. The molecule has 1 saturated heterocycles. The van der Waals surface area contributed by atoms with Crippen molar-refractivity contribution >= 4 is 11.9 Å². The lowest BCUT2D eigenvalue weighted by atomic mass is 9.77. The lowest BCUT2D eigenvalue weighted by molar-refractivity contribution is -0.124. The van der Waals surface area contributed by atoms with E-state index < -0.39 is 0 Å².